The van der Waals surface area contributed by atoms with Gasteiger partial charge in [-0.3, -0.25) is 0 Å². The summed E-state index contributed by atoms with van der Waals surface area (Å²) in [5, 5.41) is 6.93. The molecule has 0 unspecified atom stereocenters. The van der Waals surface area contributed by atoms with Crippen LogP contribution in [0.25, 0.3) is 111 Å². The molecule has 0 radical (unpaired) electrons. The van der Waals surface area contributed by atoms with Crippen LogP contribution in [0.15, 0.2) is 205 Å². The molecule has 4 heteroatoms. The molecule has 0 aliphatic carbocycles. The Balaban J connectivity index is 1.01. The van der Waals surface area contributed by atoms with Gasteiger partial charge in [0.1, 0.15) is 11.2 Å². The van der Waals surface area contributed by atoms with Gasteiger partial charge in [-0.1, -0.05) is 176 Å². The molecule has 2 aromatic heterocycles. The van der Waals surface area contributed by atoms with Gasteiger partial charge in [0, 0.05) is 27.5 Å². The maximum absolute atomic E-state index is 6.43. The topological polar surface area (TPSA) is 51.8 Å². The van der Waals surface area contributed by atoms with E-state index in [1.165, 1.54) is 16.3 Å². The molecule has 0 spiro atoms. The second-order valence-electron chi connectivity index (χ2n) is 14.4. The lowest BCUT2D eigenvalue weighted by atomic mass is 9.94. The molecule has 9 aromatic carbocycles. The number of nitrogens with zero attached hydrogens (tertiary/aromatic N) is 3. The fourth-order valence-corrected chi connectivity index (χ4v) is 8.03. The van der Waals surface area contributed by atoms with Crippen LogP contribution in [-0.4, -0.2) is 15.0 Å². The summed E-state index contributed by atoms with van der Waals surface area (Å²) in [6.07, 6.45) is 0. The number of furan rings is 1. The van der Waals surface area contributed by atoms with Crippen molar-refractivity contribution >= 4 is 43.5 Å². The third-order valence-electron chi connectivity index (χ3n) is 10.9. The summed E-state index contributed by atoms with van der Waals surface area (Å²) in [6, 6.07) is 69.9. The lowest BCUT2D eigenvalue weighted by Crippen LogP contribution is -2.00. The first kappa shape index (κ1) is 32.7. The van der Waals surface area contributed by atoms with E-state index < -0.39 is 0 Å². The van der Waals surface area contributed by atoms with Gasteiger partial charge >= 0.3 is 0 Å². The minimum absolute atomic E-state index is 0.616. The normalized spacial score (nSPS) is 11.5. The second kappa shape index (κ2) is 13.6. The van der Waals surface area contributed by atoms with E-state index in [4.69, 9.17) is 19.4 Å². The molecule has 0 amide bonds. The standard InChI is InChI=1S/C53H33N3O/c1-2-12-38(13-3-1)47-32-43(33-49-50(47)46-18-8-9-20-48(46)57-49)36-23-28-40(29-24-36)52-54-51(55-53(56-52)45-19-10-16-37-14-6-7-17-44(37)45)39-26-21-35(22-27-39)42-30-25-34-11-4-5-15-41(34)31-42/h1-33H. The van der Waals surface area contributed by atoms with Crippen LogP contribution in [0.2, 0.25) is 0 Å². The van der Waals surface area contributed by atoms with Crippen LogP contribution < -0.4 is 0 Å². The highest BCUT2D eigenvalue weighted by molar-refractivity contribution is 6.13. The highest BCUT2D eigenvalue weighted by Gasteiger charge is 2.17. The maximum atomic E-state index is 6.43. The Morgan fingerprint density at radius 1 is 0.281 bits per heavy atom. The van der Waals surface area contributed by atoms with Gasteiger partial charge in [0.05, 0.1) is 0 Å². The monoisotopic (exact) mass is 727 g/mol. The zero-order valence-corrected chi connectivity index (χ0v) is 30.8. The first-order valence-corrected chi connectivity index (χ1v) is 19.2. The molecule has 2 heterocycles. The first-order chi connectivity index (χ1) is 28.2. The van der Waals surface area contributed by atoms with E-state index in [0.717, 1.165) is 77.2 Å². The smallest absolute Gasteiger partial charge is 0.164 e. The molecule has 0 saturated carbocycles. The summed E-state index contributed by atoms with van der Waals surface area (Å²) in [5.74, 6) is 1.88. The molecule has 57 heavy (non-hydrogen) atoms. The van der Waals surface area contributed by atoms with Gasteiger partial charge in [-0.2, -0.15) is 0 Å². The van der Waals surface area contributed by atoms with E-state index in [0.29, 0.717) is 17.5 Å². The Hall–Kier alpha value is -7.69. The largest absolute Gasteiger partial charge is 0.456 e. The molecule has 11 rings (SSSR count). The molecule has 0 bridgehead atoms. The van der Waals surface area contributed by atoms with Crippen molar-refractivity contribution in [2.75, 3.05) is 0 Å². The molecule has 0 aliphatic heterocycles. The number of hydrogen-bond acceptors (Lipinski definition) is 4. The molecule has 0 atom stereocenters. The van der Waals surface area contributed by atoms with Crippen LogP contribution in [0.3, 0.4) is 0 Å². The maximum Gasteiger partial charge on any atom is 0.164 e. The average molecular weight is 728 g/mol. The molecule has 0 fully saturated rings. The zero-order chi connectivity index (χ0) is 37.7. The zero-order valence-electron chi connectivity index (χ0n) is 30.8. The predicted octanol–water partition coefficient (Wildman–Crippen LogP) is 14.1. The van der Waals surface area contributed by atoms with Crippen molar-refractivity contribution in [3.05, 3.63) is 200 Å². The summed E-state index contributed by atoms with van der Waals surface area (Å²) in [4.78, 5) is 15.3. The van der Waals surface area contributed by atoms with Crippen molar-refractivity contribution in [3.63, 3.8) is 0 Å². The van der Waals surface area contributed by atoms with Gasteiger partial charge in [0.15, 0.2) is 17.5 Å². The summed E-state index contributed by atoms with van der Waals surface area (Å²) >= 11 is 0. The summed E-state index contributed by atoms with van der Waals surface area (Å²) < 4.78 is 6.43. The number of benzene rings is 9. The number of fused-ring (bicyclic) bond motifs is 5. The van der Waals surface area contributed by atoms with Gasteiger partial charge in [0.2, 0.25) is 0 Å². The summed E-state index contributed by atoms with van der Waals surface area (Å²) in [5.41, 5.74) is 11.3. The Morgan fingerprint density at radius 3 is 1.60 bits per heavy atom. The van der Waals surface area contributed by atoms with Gasteiger partial charge in [-0.15, -0.1) is 0 Å². The van der Waals surface area contributed by atoms with Crippen LogP contribution in [0.4, 0.5) is 0 Å². The van der Waals surface area contributed by atoms with E-state index in [-0.39, 0.29) is 0 Å². The molecule has 4 nitrogen and oxygen atoms in total. The molecule has 0 aliphatic rings. The van der Waals surface area contributed by atoms with E-state index >= 15 is 0 Å². The first-order valence-electron chi connectivity index (χ1n) is 19.2. The van der Waals surface area contributed by atoms with Gasteiger partial charge in [-0.05, 0) is 79.2 Å². The van der Waals surface area contributed by atoms with Crippen LogP contribution in [0.1, 0.15) is 0 Å². The Kier molecular flexibility index (Phi) is 7.78. The van der Waals surface area contributed by atoms with E-state index in [9.17, 15) is 0 Å². The predicted molar refractivity (Wildman–Crippen MR) is 235 cm³/mol. The molecule has 266 valence electrons. The van der Waals surface area contributed by atoms with Crippen molar-refractivity contribution in [3.8, 4) is 67.5 Å². The highest BCUT2D eigenvalue weighted by Crippen LogP contribution is 2.40. The van der Waals surface area contributed by atoms with Crippen molar-refractivity contribution < 1.29 is 4.42 Å². The number of aromatic nitrogens is 3. The number of hydrogen-bond donors (Lipinski definition) is 0. The van der Waals surface area contributed by atoms with Crippen molar-refractivity contribution in [1.29, 1.82) is 0 Å². The fraction of sp³-hybridized carbons (Fsp3) is 0. The minimum atomic E-state index is 0.616. The van der Waals surface area contributed by atoms with Gasteiger partial charge < -0.3 is 4.42 Å². The quantitative estimate of drug-likeness (QED) is 0.171. The van der Waals surface area contributed by atoms with Crippen molar-refractivity contribution in [2.45, 2.75) is 0 Å². The van der Waals surface area contributed by atoms with E-state index in [2.05, 4.69) is 188 Å². The highest BCUT2D eigenvalue weighted by atomic mass is 16.3. The third kappa shape index (κ3) is 5.92. The molecular weight excluding hydrogens is 695 g/mol. The van der Waals surface area contributed by atoms with Crippen molar-refractivity contribution in [1.82, 2.24) is 15.0 Å². The summed E-state index contributed by atoms with van der Waals surface area (Å²) in [6.45, 7) is 0. The molecular formula is C53H33N3O. The second-order valence-corrected chi connectivity index (χ2v) is 14.4. The Labute approximate surface area is 329 Å². The lowest BCUT2D eigenvalue weighted by molar-refractivity contribution is 0.669. The third-order valence-corrected chi connectivity index (χ3v) is 10.9. The van der Waals surface area contributed by atoms with Crippen LogP contribution in [0, 0.1) is 0 Å². The SMILES string of the molecule is c1ccc(-c2cc(-c3ccc(-c4nc(-c5ccc(-c6ccc7ccccc7c6)cc5)nc(-c5cccc6ccccc56)n4)cc3)cc3oc4ccccc4c23)cc1. The molecule has 0 saturated heterocycles. The van der Waals surface area contributed by atoms with E-state index in [1.54, 1.807) is 0 Å². The number of para-hydroxylation sites is 1. The van der Waals surface area contributed by atoms with Crippen LogP contribution in [0.5, 0.6) is 0 Å². The number of rotatable bonds is 6. The Bertz CT molecular complexity index is 3270. The average Bonchev–Trinajstić information content (AvgIpc) is 3.67. The van der Waals surface area contributed by atoms with Gasteiger partial charge in [-0.25, -0.2) is 15.0 Å². The van der Waals surface area contributed by atoms with Crippen LogP contribution >= 0.6 is 0 Å². The Morgan fingerprint density at radius 2 is 0.842 bits per heavy atom. The lowest BCUT2D eigenvalue weighted by Gasteiger charge is -2.12. The minimum Gasteiger partial charge on any atom is -0.456 e. The fourth-order valence-electron chi connectivity index (χ4n) is 8.03. The molecule has 0 N–H and O–H groups in total. The van der Waals surface area contributed by atoms with Crippen LogP contribution in [-0.2, 0) is 0 Å². The molecule has 11 aromatic rings. The summed E-state index contributed by atoms with van der Waals surface area (Å²) in [7, 11) is 0. The van der Waals surface area contributed by atoms with E-state index in [1.807, 2.05) is 12.1 Å². The van der Waals surface area contributed by atoms with Crippen molar-refractivity contribution in [2.24, 2.45) is 0 Å². The van der Waals surface area contributed by atoms with Gasteiger partial charge in [0.25, 0.3) is 0 Å².